The summed E-state index contributed by atoms with van der Waals surface area (Å²) in [5.41, 5.74) is 1.32. The molecule has 0 saturated carbocycles. The molecule has 3 rings (SSSR count). The summed E-state index contributed by atoms with van der Waals surface area (Å²) in [6, 6.07) is 2.57. The summed E-state index contributed by atoms with van der Waals surface area (Å²) in [6.07, 6.45) is 2.64. The highest BCUT2D eigenvalue weighted by atomic mass is 19.1. The Labute approximate surface area is 121 Å². The molecule has 6 heteroatoms. The second-order valence-electron chi connectivity index (χ2n) is 5.62. The minimum atomic E-state index is -0.450. The van der Waals surface area contributed by atoms with E-state index in [4.69, 9.17) is 0 Å². The molecule has 2 N–H and O–H groups in total. The van der Waals surface area contributed by atoms with E-state index in [1.54, 1.807) is 11.8 Å². The second-order valence-corrected chi connectivity index (χ2v) is 5.62. The average molecular weight is 291 g/mol. The summed E-state index contributed by atoms with van der Waals surface area (Å²) in [7, 11) is 0. The van der Waals surface area contributed by atoms with Crippen LogP contribution in [0.4, 0.5) is 4.39 Å². The summed E-state index contributed by atoms with van der Waals surface area (Å²) < 4.78 is 13.6. The first-order chi connectivity index (χ1) is 10.1. The van der Waals surface area contributed by atoms with E-state index in [0.717, 1.165) is 12.8 Å². The van der Waals surface area contributed by atoms with E-state index in [0.29, 0.717) is 29.7 Å². The maximum Gasteiger partial charge on any atom is 0.256 e. The number of aromatic nitrogens is 2. The molecule has 0 bridgehead atoms. The number of benzene rings is 1. The van der Waals surface area contributed by atoms with Crippen molar-refractivity contribution in [3.8, 4) is 0 Å². The summed E-state index contributed by atoms with van der Waals surface area (Å²) in [5, 5.41) is 9.60. The number of fused-ring (bicyclic) bond motifs is 1. The first kappa shape index (κ1) is 14.0. The molecule has 0 spiro atoms. The third-order valence-corrected chi connectivity index (χ3v) is 4.23. The normalized spacial score (nSPS) is 18.1. The number of nitrogens with one attached hydrogen (secondary N) is 1. The molecule has 1 aliphatic rings. The van der Waals surface area contributed by atoms with Crippen LogP contribution in [0.25, 0.3) is 11.0 Å². The number of halogens is 1. The van der Waals surface area contributed by atoms with Crippen LogP contribution in [-0.2, 0) is 0 Å². The van der Waals surface area contributed by atoms with Crippen molar-refractivity contribution < 1.29 is 14.3 Å². The average Bonchev–Trinajstić information content (AvgIpc) is 2.93. The van der Waals surface area contributed by atoms with E-state index in [1.165, 1.54) is 18.5 Å². The number of rotatable bonds is 2. The van der Waals surface area contributed by atoms with Gasteiger partial charge in [0.15, 0.2) is 0 Å². The number of piperidine rings is 1. The van der Waals surface area contributed by atoms with Crippen LogP contribution in [0.3, 0.4) is 0 Å². The Morgan fingerprint density at radius 1 is 1.48 bits per heavy atom. The van der Waals surface area contributed by atoms with Crippen LogP contribution in [0.15, 0.2) is 18.5 Å². The van der Waals surface area contributed by atoms with Gasteiger partial charge in [-0.05, 0) is 37.8 Å². The number of nitrogens with zero attached hydrogens (tertiary/aromatic N) is 2. The molecule has 2 aromatic rings. The number of hydrogen-bond donors (Lipinski definition) is 2. The quantitative estimate of drug-likeness (QED) is 0.888. The van der Waals surface area contributed by atoms with Crippen molar-refractivity contribution in [3.05, 3.63) is 29.8 Å². The Morgan fingerprint density at radius 2 is 2.19 bits per heavy atom. The zero-order valence-electron chi connectivity index (χ0n) is 11.8. The molecule has 1 unspecified atom stereocenters. The number of amides is 1. The van der Waals surface area contributed by atoms with E-state index in [2.05, 4.69) is 9.97 Å². The van der Waals surface area contributed by atoms with Gasteiger partial charge in [-0.2, -0.15) is 0 Å². The predicted molar refractivity (Wildman–Crippen MR) is 76.4 cm³/mol. The Balaban J connectivity index is 1.83. The smallest absolute Gasteiger partial charge is 0.256 e. The zero-order valence-corrected chi connectivity index (χ0v) is 11.8. The van der Waals surface area contributed by atoms with Gasteiger partial charge >= 0.3 is 0 Å². The van der Waals surface area contributed by atoms with Crippen molar-refractivity contribution in [2.75, 3.05) is 13.1 Å². The van der Waals surface area contributed by atoms with Gasteiger partial charge in [0, 0.05) is 13.1 Å². The lowest BCUT2D eigenvalue weighted by molar-refractivity contribution is 0.0522. The number of H-pyrrole nitrogens is 1. The lowest BCUT2D eigenvalue weighted by Crippen LogP contribution is -2.40. The van der Waals surface area contributed by atoms with Crippen LogP contribution in [0.5, 0.6) is 0 Å². The van der Waals surface area contributed by atoms with Gasteiger partial charge in [-0.1, -0.05) is 0 Å². The van der Waals surface area contributed by atoms with E-state index in [1.807, 2.05) is 0 Å². The molecule has 21 heavy (non-hydrogen) atoms. The van der Waals surface area contributed by atoms with Crippen molar-refractivity contribution in [1.82, 2.24) is 14.9 Å². The Bertz CT molecular complexity index is 660. The molecule has 1 amide bonds. The Morgan fingerprint density at radius 3 is 2.86 bits per heavy atom. The van der Waals surface area contributed by atoms with Crippen LogP contribution >= 0.6 is 0 Å². The van der Waals surface area contributed by atoms with E-state index in [-0.39, 0.29) is 17.9 Å². The van der Waals surface area contributed by atoms with Gasteiger partial charge in [0.2, 0.25) is 0 Å². The molecule has 1 fully saturated rings. The van der Waals surface area contributed by atoms with Crippen LogP contribution in [-0.4, -0.2) is 45.1 Å². The molecule has 5 nitrogen and oxygen atoms in total. The number of aliphatic hydroxyl groups is 1. The number of aliphatic hydroxyl groups excluding tert-OH is 1. The fourth-order valence-corrected chi connectivity index (χ4v) is 2.93. The predicted octanol–water partition coefficient (Wildman–Crippen LogP) is 1.94. The summed E-state index contributed by atoms with van der Waals surface area (Å²) in [5.74, 6) is -0.420. The third-order valence-electron chi connectivity index (χ3n) is 4.23. The monoisotopic (exact) mass is 291 g/mol. The molecule has 112 valence electrons. The molecule has 1 saturated heterocycles. The third kappa shape index (κ3) is 2.63. The van der Waals surface area contributed by atoms with Crippen molar-refractivity contribution in [2.24, 2.45) is 5.92 Å². The summed E-state index contributed by atoms with van der Waals surface area (Å²) in [4.78, 5) is 21.2. The van der Waals surface area contributed by atoms with Crippen molar-refractivity contribution in [2.45, 2.75) is 25.9 Å². The largest absolute Gasteiger partial charge is 0.393 e. The highest BCUT2D eigenvalue weighted by Gasteiger charge is 2.27. The molecular formula is C15H18FN3O2. The van der Waals surface area contributed by atoms with Gasteiger partial charge in [0.05, 0.1) is 23.5 Å². The van der Waals surface area contributed by atoms with Crippen molar-refractivity contribution in [3.63, 3.8) is 0 Å². The van der Waals surface area contributed by atoms with Gasteiger partial charge < -0.3 is 15.0 Å². The SMILES string of the molecule is CC(O)C1CCN(C(=O)c2cc(F)cc3[nH]cnc23)CC1. The summed E-state index contributed by atoms with van der Waals surface area (Å²) >= 11 is 0. The standard InChI is InChI=1S/C15H18FN3O2/c1-9(20)10-2-4-19(5-3-10)15(21)12-6-11(16)7-13-14(12)18-8-17-13/h6-10,20H,2-5H2,1H3,(H,17,18). The number of carbonyl (C=O) groups is 1. The maximum absolute atomic E-state index is 13.6. The number of hydrogen-bond acceptors (Lipinski definition) is 3. The van der Waals surface area contributed by atoms with E-state index >= 15 is 0 Å². The lowest BCUT2D eigenvalue weighted by atomic mass is 9.92. The van der Waals surface area contributed by atoms with E-state index in [9.17, 15) is 14.3 Å². The molecule has 1 aromatic carbocycles. The lowest BCUT2D eigenvalue weighted by Gasteiger charge is -2.33. The van der Waals surface area contributed by atoms with Gasteiger partial charge in [0.25, 0.3) is 5.91 Å². The number of carbonyl (C=O) groups excluding carboxylic acids is 1. The van der Waals surface area contributed by atoms with Gasteiger partial charge in [0.1, 0.15) is 11.3 Å². The van der Waals surface area contributed by atoms with Gasteiger partial charge in [-0.3, -0.25) is 4.79 Å². The second kappa shape index (κ2) is 5.44. The van der Waals surface area contributed by atoms with Crippen LogP contribution in [0.2, 0.25) is 0 Å². The fraction of sp³-hybridized carbons (Fsp3) is 0.467. The number of imidazole rings is 1. The maximum atomic E-state index is 13.6. The fourth-order valence-electron chi connectivity index (χ4n) is 2.93. The molecule has 1 aliphatic heterocycles. The highest BCUT2D eigenvalue weighted by molar-refractivity contribution is 6.04. The molecule has 0 aliphatic carbocycles. The van der Waals surface area contributed by atoms with Crippen molar-refractivity contribution >= 4 is 16.9 Å². The van der Waals surface area contributed by atoms with Crippen LogP contribution in [0.1, 0.15) is 30.1 Å². The van der Waals surface area contributed by atoms with E-state index < -0.39 is 5.82 Å². The van der Waals surface area contributed by atoms with Crippen LogP contribution in [0, 0.1) is 11.7 Å². The molecular weight excluding hydrogens is 273 g/mol. The Kier molecular flexibility index (Phi) is 3.63. The molecule has 1 atom stereocenters. The first-order valence-electron chi connectivity index (χ1n) is 7.16. The van der Waals surface area contributed by atoms with Gasteiger partial charge in [-0.15, -0.1) is 0 Å². The number of aromatic amines is 1. The van der Waals surface area contributed by atoms with Gasteiger partial charge in [-0.25, -0.2) is 9.37 Å². The minimum Gasteiger partial charge on any atom is -0.393 e. The molecule has 1 aromatic heterocycles. The highest BCUT2D eigenvalue weighted by Crippen LogP contribution is 2.24. The zero-order chi connectivity index (χ0) is 15.0. The summed E-state index contributed by atoms with van der Waals surface area (Å²) in [6.45, 7) is 2.94. The minimum absolute atomic E-state index is 0.198. The topological polar surface area (TPSA) is 69.2 Å². The molecule has 2 heterocycles. The van der Waals surface area contributed by atoms with Crippen molar-refractivity contribution in [1.29, 1.82) is 0 Å². The van der Waals surface area contributed by atoms with Crippen LogP contribution < -0.4 is 0 Å². The Hall–Kier alpha value is -1.95. The first-order valence-corrected chi connectivity index (χ1v) is 7.16. The molecule has 0 radical (unpaired) electrons. The number of likely N-dealkylation sites (tertiary alicyclic amines) is 1.